The van der Waals surface area contributed by atoms with Crippen LogP contribution in [0, 0.1) is 6.92 Å². The molecule has 2 heteroatoms. The van der Waals surface area contributed by atoms with Gasteiger partial charge in [0, 0.05) is 0 Å². The van der Waals surface area contributed by atoms with Gasteiger partial charge in [0.05, 0.1) is 0 Å². The quantitative estimate of drug-likeness (QED) is 0.387. The molecule has 1 unspecified atom stereocenters. The van der Waals surface area contributed by atoms with Crippen LogP contribution in [0.4, 0.5) is 5.69 Å². The van der Waals surface area contributed by atoms with Crippen molar-refractivity contribution in [2.45, 2.75) is 12.2 Å². The average Bonchev–Trinajstić information content (AvgIpc) is 2.69. The Morgan fingerprint density at radius 3 is 2.15 bits per heavy atom. The van der Waals surface area contributed by atoms with Gasteiger partial charge in [-0.05, 0) is 0 Å². The summed E-state index contributed by atoms with van der Waals surface area (Å²) in [7, 11) is 0. The van der Waals surface area contributed by atoms with Crippen LogP contribution in [0.3, 0.4) is 0 Å². The Morgan fingerprint density at radius 1 is 0.692 bits per heavy atom. The van der Waals surface area contributed by atoms with Crippen molar-refractivity contribution in [1.82, 2.24) is 0 Å². The van der Waals surface area contributed by atoms with E-state index in [1.54, 1.807) is 0 Å². The molecule has 1 atom stereocenters. The van der Waals surface area contributed by atoms with Gasteiger partial charge in [-0.25, -0.2) is 0 Å². The molecule has 0 radical (unpaired) electrons. The van der Waals surface area contributed by atoms with E-state index in [9.17, 15) is 0 Å². The number of benzene rings is 4. The Morgan fingerprint density at radius 2 is 1.38 bits per heavy atom. The van der Waals surface area contributed by atoms with Crippen molar-refractivity contribution in [3.63, 3.8) is 0 Å². The molecule has 1 nitrogen and oxygen atoms in total. The van der Waals surface area contributed by atoms with E-state index < -0.39 is 13.7 Å². The van der Waals surface area contributed by atoms with Crippen LogP contribution < -0.4 is 4.46 Å². The van der Waals surface area contributed by atoms with Crippen molar-refractivity contribution in [3.8, 4) is 0 Å². The van der Waals surface area contributed by atoms with Crippen LogP contribution in [0.5, 0.6) is 0 Å². The number of nitrogens with zero attached hydrogens (tertiary/aromatic N) is 1. The van der Waals surface area contributed by atoms with Crippen molar-refractivity contribution in [2.24, 2.45) is 3.96 Å². The minimum absolute atomic E-state index is 1.02. The maximum absolute atomic E-state index is 5.20. The summed E-state index contributed by atoms with van der Waals surface area (Å²) in [4.78, 5) is 0. The van der Waals surface area contributed by atoms with Gasteiger partial charge in [-0.1, -0.05) is 0 Å². The molecular formula is C24H21NSe. The second-order valence-electron chi connectivity index (χ2n) is 6.43. The summed E-state index contributed by atoms with van der Waals surface area (Å²) >= 11 is -1.38. The maximum atomic E-state index is 5.20. The molecule has 0 fully saturated rings. The van der Waals surface area contributed by atoms with E-state index >= 15 is 0 Å². The van der Waals surface area contributed by atoms with E-state index in [-0.39, 0.29) is 0 Å². The SMILES string of the molecule is Cc1ccc(N=[Se](Cc2ccccc2)c2ccc3ccccc3c2)cc1. The van der Waals surface area contributed by atoms with E-state index in [0.29, 0.717) is 0 Å². The zero-order chi connectivity index (χ0) is 17.8. The van der Waals surface area contributed by atoms with Crippen molar-refractivity contribution < 1.29 is 0 Å². The monoisotopic (exact) mass is 403 g/mol. The molecule has 0 aliphatic rings. The first kappa shape index (κ1) is 16.9. The van der Waals surface area contributed by atoms with Gasteiger partial charge in [0.1, 0.15) is 0 Å². The molecule has 0 bridgehead atoms. The van der Waals surface area contributed by atoms with Crippen molar-refractivity contribution in [2.75, 3.05) is 0 Å². The normalized spacial score (nSPS) is 12.3. The van der Waals surface area contributed by atoms with Crippen LogP contribution >= 0.6 is 0 Å². The molecule has 0 aliphatic heterocycles. The Kier molecular flexibility index (Phi) is 5.06. The zero-order valence-electron chi connectivity index (χ0n) is 14.8. The van der Waals surface area contributed by atoms with Crippen LogP contribution in [0.1, 0.15) is 11.1 Å². The molecular weight excluding hydrogens is 381 g/mol. The van der Waals surface area contributed by atoms with Gasteiger partial charge in [-0.3, -0.25) is 0 Å². The zero-order valence-corrected chi connectivity index (χ0v) is 16.5. The molecule has 0 spiro atoms. The van der Waals surface area contributed by atoms with Crippen LogP contribution in [-0.2, 0) is 5.32 Å². The molecule has 0 saturated heterocycles. The van der Waals surface area contributed by atoms with Crippen molar-refractivity contribution in [3.05, 3.63) is 108 Å². The van der Waals surface area contributed by atoms with Crippen LogP contribution in [0.15, 0.2) is 101 Å². The molecule has 128 valence electrons. The summed E-state index contributed by atoms with van der Waals surface area (Å²) in [5.74, 6) is 0. The molecule has 0 aliphatic carbocycles. The van der Waals surface area contributed by atoms with Gasteiger partial charge >= 0.3 is 159 Å². The number of hydrogen-bond donors (Lipinski definition) is 0. The Hall–Kier alpha value is -2.54. The van der Waals surface area contributed by atoms with E-state index in [1.165, 1.54) is 26.4 Å². The second kappa shape index (κ2) is 7.78. The topological polar surface area (TPSA) is 12.4 Å². The molecule has 26 heavy (non-hydrogen) atoms. The van der Waals surface area contributed by atoms with Crippen LogP contribution in [-0.4, -0.2) is 13.7 Å². The van der Waals surface area contributed by atoms with Crippen molar-refractivity contribution >= 4 is 34.6 Å². The fourth-order valence-corrected chi connectivity index (χ4v) is 6.53. The minimum atomic E-state index is -1.38. The first-order chi connectivity index (χ1) is 12.8. The summed E-state index contributed by atoms with van der Waals surface area (Å²) < 4.78 is 6.58. The molecule has 4 aromatic carbocycles. The fourth-order valence-electron chi connectivity index (χ4n) is 2.95. The van der Waals surface area contributed by atoms with E-state index in [0.717, 1.165) is 11.0 Å². The fraction of sp³-hybridized carbons (Fsp3) is 0.0833. The van der Waals surface area contributed by atoms with Gasteiger partial charge < -0.3 is 0 Å². The van der Waals surface area contributed by atoms with Crippen LogP contribution in [0.25, 0.3) is 10.8 Å². The molecule has 0 saturated carbocycles. The Balaban J connectivity index is 1.79. The summed E-state index contributed by atoms with van der Waals surface area (Å²) in [6.45, 7) is 2.12. The standard InChI is InChI=1S/C24H21NSe/c1-19-11-14-23(15-12-19)25-26(18-20-7-3-2-4-8-20)24-16-13-21-9-5-6-10-22(21)17-24/h2-17H,18H2,1H3. The van der Waals surface area contributed by atoms with Gasteiger partial charge in [-0.2, -0.15) is 0 Å². The molecule has 0 heterocycles. The number of hydrogen-bond acceptors (Lipinski definition) is 1. The summed E-state index contributed by atoms with van der Waals surface area (Å²) in [6, 6.07) is 34.7. The first-order valence-corrected chi connectivity index (χ1v) is 11.6. The van der Waals surface area contributed by atoms with Crippen molar-refractivity contribution in [1.29, 1.82) is 0 Å². The van der Waals surface area contributed by atoms with Gasteiger partial charge in [0.2, 0.25) is 0 Å². The second-order valence-corrected chi connectivity index (χ2v) is 9.94. The average molecular weight is 402 g/mol. The van der Waals surface area contributed by atoms with Gasteiger partial charge in [0.15, 0.2) is 0 Å². The molecule has 4 aromatic rings. The summed E-state index contributed by atoms with van der Waals surface area (Å²) in [5, 5.41) is 3.61. The molecule has 4 rings (SSSR count). The third-order valence-corrected chi connectivity index (χ3v) is 8.24. The van der Waals surface area contributed by atoms with E-state index in [2.05, 4.69) is 104 Å². The molecule has 0 aromatic heterocycles. The molecule has 0 N–H and O–H groups in total. The van der Waals surface area contributed by atoms with Gasteiger partial charge in [0.25, 0.3) is 0 Å². The Bertz CT molecular complexity index is 1050. The predicted octanol–water partition coefficient (Wildman–Crippen LogP) is 5.73. The van der Waals surface area contributed by atoms with Gasteiger partial charge in [-0.15, -0.1) is 0 Å². The van der Waals surface area contributed by atoms with E-state index in [4.69, 9.17) is 3.96 Å². The first-order valence-electron chi connectivity index (χ1n) is 8.80. The third kappa shape index (κ3) is 3.99. The number of fused-ring (bicyclic) bond motifs is 1. The number of aryl methyl sites for hydroxylation is 1. The number of rotatable bonds is 4. The molecule has 0 amide bonds. The summed E-state index contributed by atoms with van der Waals surface area (Å²) in [6.07, 6.45) is 0. The van der Waals surface area contributed by atoms with E-state index in [1.807, 2.05) is 0 Å². The Labute approximate surface area is 159 Å². The van der Waals surface area contributed by atoms with Crippen LogP contribution in [0.2, 0.25) is 0 Å². The predicted molar refractivity (Wildman–Crippen MR) is 113 cm³/mol. The third-order valence-electron chi connectivity index (χ3n) is 4.39. The summed E-state index contributed by atoms with van der Waals surface area (Å²) in [5.41, 5.74) is 3.72.